The van der Waals surface area contributed by atoms with Gasteiger partial charge >= 0.3 is 0 Å². The number of likely N-dealkylation sites (N-methyl/N-ethyl adjacent to an activating group) is 1. The van der Waals surface area contributed by atoms with E-state index in [4.69, 9.17) is 0 Å². The van der Waals surface area contributed by atoms with Gasteiger partial charge in [0.1, 0.15) is 0 Å². The predicted octanol–water partition coefficient (Wildman–Crippen LogP) is 2.46. The fourth-order valence-corrected chi connectivity index (χ4v) is 1.99. The standard InChI is InChI=1S/C9H13Br2N3/c1-5-4-13-8(6(2)14-5)7(10)9(11)12-3/h4,9,12-13H,1-3H3/b8-7+. The largest absolute Gasteiger partial charge is 0.358 e. The molecule has 0 spiro atoms. The molecule has 1 unspecified atom stereocenters. The van der Waals surface area contributed by atoms with Crippen molar-refractivity contribution in [2.45, 2.75) is 18.8 Å². The molecule has 14 heavy (non-hydrogen) atoms. The van der Waals surface area contributed by atoms with Gasteiger partial charge in [-0.15, -0.1) is 0 Å². The third-order valence-electron chi connectivity index (χ3n) is 1.85. The molecule has 0 bridgehead atoms. The molecule has 78 valence electrons. The summed E-state index contributed by atoms with van der Waals surface area (Å²) in [5, 5.41) is 6.29. The Morgan fingerprint density at radius 3 is 2.71 bits per heavy atom. The second kappa shape index (κ2) is 5.09. The zero-order valence-corrected chi connectivity index (χ0v) is 11.5. The van der Waals surface area contributed by atoms with E-state index in [1.165, 1.54) is 0 Å². The summed E-state index contributed by atoms with van der Waals surface area (Å²) in [5.74, 6) is 0. The Hall–Kier alpha value is -0.130. The van der Waals surface area contributed by atoms with E-state index >= 15 is 0 Å². The van der Waals surface area contributed by atoms with Crippen molar-refractivity contribution < 1.29 is 0 Å². The van der Waals surface area contributed by atoms with Gasteiger partial charge in [0.05, 0.1) is 22.1 Å². The maximum absolute atomic E-state index is 4.38. The molecule has 0 amide bonds. The lowest BCUT2D eigenvalue weighted by molar-refractivity contribution is 0.858. The maximum Gasteiger partial charge on any atom is 0.0971 e. The maximum atomic E-state index is 4.38. The van der Waals surface area contributed by atoms with Crippen molar-refractivity contribution in [3.8, 4) is 0 Å². The van der Waals surface area contributed by atoms with E-state index in [2.05, 4.69) is 47.5 Å². The van der Waals surface area contributed by atoms with Crippen molar-refractivity contribution >= 4 is 37.6 Å². The van der Waals surface area contributed by atoms with Crippen LogP contribution in [0.2, 0.25) is 0 Å². The SMILES string of the molecule is CNC(Br)/C(Br)=C1\NC=C(C)N=C1C. The van der Waals surface area contributed by atoms with Crippen molar-refractivity contribution in [3.63, 3.8) is 0 Å². The van der Waals surface area contributed by atoms with Crippen LogP contribution in [-0.2, 0) is 0 Å². The molecule has 1 aliphatic heterocycles. The van der Waals surface area contributed by atoms with Crippen molar-refractivity contribution in [1.29, 1.82) is 0 Å². The van der Waals surface area contributed by atoms with Gasteiger partial charge in [-0.25, -0.2) is 0 Å². The molecule has 0 aromatic heterocycles. The molecule has 0 radical (unpaired) electrons. The Kier molecular flexibility index (Phi) is 4.34. The van der Waals surface area contributed by atoms with Crippen LogP contribution in [0.5, 0.6) is 0 Å². The van der Waals surface area contributed by atoms with Crippen molar-refractivity contribution in [3.05, 3.63) is 22.1 Å². The first-order valence-corrected chi connectivity index (χ1v) is 5.97. The minimum atomic E-state index is 0.0990. The molecule has 0 fully saturated rings. The normalized spacial score (nSPS) is 22.1. The molecule has 0 aromatic rings. The van der Waals surface area contributed by atoms with Gasteiger partial charge in [-0.1, -0.05) is 31.9 Å². The van der Waals surface area contributed by atoms with Crippen LogP contribution in [0.4, 0.5) is 0 Å². The van der Waals surface area contributed by atoms with E-state index in [-0.39, 0.29) is 4.95 Å². The fourth-order valence-electron chi connectivity index (χ4n) is 1.13. The highest BCUT2D eigenvalue weighted by molar-refractivity contribution is 9.14. The van der Waals surface area contributed by atoms with Gasteiger partial charge in [0, 0.05) is 10.7 Å². The summed E-state index contributed by atoms with van der Waals surface area (Å²) >= 11 is 7.01. The monoisotopic (exact) mass is 321 g/mol. The first-order chi connectivity index (χ1) is 6.56. The second-order valence-corrected chi connectivity index (χ2v) is 4.77. The molecule has 1 heterocycles. The molecule has 1 atom stereocenters. The number of aliphatic imine (C=N–C) groups is 1. The van der Waals surface area contributed by atoms with Crippen LogP contribution in [0.25, 0.3) is 0 Å². The Labute approximate surface area is 101 Å². The van der Waals surface area contributed by atoms with Crippen molar-refractivity contribution in [2.24, 2.45) is 4.99 Å². The van der Waals surface area contributed by atoms with Gasteiger partial charge in [0.15, 0.2) is 0 Å². The molecule has 1 aliphatic rings. The van der Waals surface area contributed by atoms with Crippen molar-refractivity contribution in [2.75, 3.05) is 7.05 Å². The number of alkyl halides is 1. The van der Waals surface area contributed by atoms with Crippen LogP contribution in [0.1, 0.15) is 13.8 Å². The predicted molar refractivity (Wildman–Crippen MR) is 67.7 cm³/mol. The number of nitrogens with zero attached hydrogens (tertiary/aromatic N) is 1. The Bertz CT molecular complexity index is 318. The minimum absolute atomic E-state index is 0.0990. The van der Waals surface area contributed by atoms with E-state index < -0.39 is 0 Å². The van der Waals surface area contributed by atoms with Gasteiger partial charge in [-0.3, -0.25) is 4.99 Å². The fraction of sp³-hybridized carbons (Fsp3) is 0.444. The van der Waals surface area contributed by atoms with Gasteiger partial charge in [0.25, 0.3) is 0 Å². The van der Waals surface area contributed by atoms with Crippen LogP contribution < -0.4 is 10.6 Å². The molecular weight excluding hydrogens is 310 g/mol. The Morgan fingerprint density at radius 2 is 2.21 bits per heavy atom. The molecule has 2 N–H and O–H groups in total. The topological polar surface area (TPSA) is 36.4 Å². The summed E-state index contributed by atoms with van der Waals surface area (Å²) in [4.78, 5) is 4.48. The first-order valence-electron chi connectivity index (χ1n) is 4.26. The van der Waals surface area contributed by atoms with Gasteiger partial charge in [0.2, 0.25) is 0 Å². The van der Waals surface area contributed by atoms with E-state index in [1.807, 2.05) is 27.1 Å². The molecule has 5 heteroatoms. The zero-order valence-electron chi connectivity index (χ0n) is 8.36. The number of allylic oxidation sites excluding steroid dienone is 2. The number of nitrogens with one attached hydrogen (secondary N) is 2. The van der Waals surface area contributed by atoms with Crippen LogP contribution in [-0.4, -0.2) is 17.7 Å². The molecule has 0 saturated carbocycles. The van der Waals surface area contributed by atoms with Crippen LogP contribution >= 0.6 is 31.9 Å². The highest BCUT2D eigenvalue weighted by atomic mass is 79.9. The second-order valence-electron chi connectivity index (χ2n) is 3.00. The number of halogens is 2. The van der Waals surface area contributed by atoms with E-state index in [9.17, 15) is 0 Å². The van der Waals surface area contributed by atoms with Gasteiger partial charge < -0.3 is 10.6 Å². The summed E-state index contributed by atoms with van der Waals surface area (Å²) in [5.41, 5.74) is 2.98. The summed E-state index contributed by atoms with van der Waals surface area (Å²) in [6.45, 7) is 3.94. The summed E-state index contributed by atoms with van der Waals surface area (Å²) in [7, 11) is 1.89. The smallest absolute Gasteiger partial charge is 0.0971 e. The van der Waals surface area contributed by atoms with Crippen LogP contribution in [0.15, 0.2) is 27.1 Å². The van der Waals surface area contributed by atoms with E-state index in [1.54, 1.807) is 0 Å². The summed E-state index contributed by atoms with van der Waals surface area (Å²) in [6, 6.07) is 0. The summed E-state index contributed by atoms with van der Waals surface area (Å²) in [6.07, 6.45) is 1.89. The number of hydrogen-bond donors (Lipinski definition) is 2. The Balaban J connectivity index is 2.96. The lowest BCUT2D eigenvalue weighted by Crippen LogP contribution is -2.26. The average molecular weight is 323 g/mol. The molecule has 0 aliphatic carbocycles. The average Bonchev–Trinajstić information content (AvgIpc) is 2.15. The van der Waals surface area contributed by atoms with Crippen LogP contribution in [0.3, 0.4) is 0 Å². The third kappa shape index (κ3) is 2.68. The molecule has 1 rings (SSSR count). The lowest BCUT2D eigenvalue weighted by atomic mass is 10.2. The highest BCUT2D eigenvalue weighted by Crippen LogP contribution is 2.22. The highest BCUT2D eigenvalue weighted by Gasteiger charge is 2.15. The van der Waals surface area contributed by atoms with Gasteiger partial charge in [-0.05, 0) is 20.9 Å². The first kappa shape index (κ1) is 11.9. The van der Waals surface area contributed by atoms with E-state index in [0.29, 0.717) is 0 Å². The number of hydrogen-bond acceptors (Lipinski definition) is 3. The minimum Gasteiger partial charge on any atom is -0.358 e. The molecular formula is C9H13Br2N3. The number of rotatable bonds is 2. The van der Waals surface area contributed by atoms with Crippen molar-refractivity contribution in [1.82, 2.24) is 10.6 Å². The Morgan fingerprint density at radius 1 is 1.57 bits per heavy atom. The van der Waals surface area contributed by atoms with Gasteiger partial charge in [-0.2, -0.15) is 0 Å². The quantitative estimate of drug-likeness (QED) is 0.605. The lowest BCUT2D eigenvalue weighted by Gasteiger charge is -2.18. The van der Waals surface area contributed by atoms with E-state index in [0.717, 1.165) is 21.6 Å². The zero-order chi connectivity index (χ0) is 10.7. The third-order valence-corrected chi connectivity index (χ3v) is 4.23. The molecule has 0 saturated heterocycles. The molecule has 0 aromatic carbocycles. The molecule has 3 nitrogen and oxygen atoms in total. The summed E-state index contributed by atoms with van der Waals surface area (Å²) < 4.78 is 1.02. The van der Waals surface area contributed by atoms with Crippen LogP contribution in [0, 0.1) is 0 Å².